The van der Waals surface area contributed by atoms with Gasteiger partial charge < -0.3 is 10.1 Å². The number of hydrogen-bond acceptors (Lipinski definition) is 6. The number of Topliss-reactive ketones (excluding diaryl/α,β-unsaturated/α-hetero) is 1. The number of hydrogen-bond donors (Lipinski definition) is 1. The number of carbonyl (C=O) groups excluding carboxylic acids is 2. The molecular weight excluding hydrogens is 374 g/mol. The van der Waals surface area contributed by atoms with E-state index in [0.717, 1.165) is 5.39 Å². The Kier molecular flexibility index (Phi) is 5.92. The number of fused-ring (bicyclic) bond motifs is 1. The Bertz CT molecular complexity index is 1110. The summed E-state index contributed by atoms with van der Waals surface area (Å²) in [6, 6.07) is 16.1. The van der Waals surface area contributed by atoms with Crippen molar-refractivity contribution in [1.82, 2.24) is 4.98 Å². The molecule has 1 aromatic heterocycles. The number of thioether (sulfide) groups is 1. The molecule has 3 rings (SSSR count). The molecular formula is C21H17N3O3S. The zero-order valence-electron chi connectivity index (χ0n) is 15.4. The number of rotatable bonds is 6. The molecule has 140 valence electrons. The fraction of sp³-hybridized carbons (Fsp3) is 0.143. The number of anilines is 1. The van der Waals surface area contributed by atoms with Crippen molar-refractivity contribution >= 4 is 40.0 Å². The molecule has 7 heteroatoms. The van der Waals surface area contributed by atoms with Gasteiger partial charge in [0.1, 0.15) is 16.8 Å². The zero-order chi connectivity index (χ0) is 20.1. The molecule has 0 aliphatic carbocycles. The molecule has 0 saturated heterocycles. The normalized spacial score (nSPS) is 10.3. The number of benzene rings is 2. The van der Waals surface area contributed by atoms with E-state index in [4.69, 9.17) is 4.74 Å². The highest BCUT2D eigenvalue weighted by atomic mass is 32.2. The molecule has 0 aliphatic rings. The lowest BCUT2D eigenvalue weighted by Crippen LogP contribution is -2.14. The molecule has 0 bridgehead atoms. The molecule has 28 heavy (non-hydrogen) atoms. The third-order valence-corrected chi connectivity index (χ3v) is 4.99. The topological polar surface area (TPSA) is 92.1 Å². The number of amides is 1. The van der Waals surface area contributed by atoms with Crippen molar-refractivity contribution in [3.05, 3.63) is 59.7 Å². The summed E-state index contributed by atoms with van der Waals surface area (Å²) in [7, 11) is 1.58. The number of carbonyl (C=O) groups is 2. The molecule has 1 amide bonds. The van der Waals surface area contributed by atoms with E-state index >= 15 is 0 Å². The monoisotopic (exact) mass is 391 g/mol. The van der Waals surface area contributed by atoms with Crippen LogP contribution in [-0.2, 0) is 4.79 Å². The van der Waals surface area contributed by atoms with E-state index in [0.29, 0.717) is 33.1 Å². The summed E-state index contributed by atoms with van der Waals surface area (Å²) < 4.78 is 5.21. The van der Waals surface area contributed by atoms with Crippen LogP contribution >= 0.6 is 11.8 Å². The quantitative estimate of drug-likeness (QED) is 0.503. The molecule has 0 fully saturated rings. The van der Waals surface area contributed by atoms with Crippen LogP contribution in [0.3, 0.4) is 0 Å². The SMILES string of the molecule is COc1ccc2cc(C#N)c(SCC(=O)Nc3cccc(C(C)=O)c3)nc2c1. The third-order valence-electron chi connectivity index (χ3n) is 4.00. The predicted octanol–water partition coefficient (Wildman–Crippen LogP) is 4.05. The summed E-state index contributed by atoms with van der Waals surface area (Å²) in [5.41, 5.74) is 2.18. The molecule has 6 nitrogen and oxygen atoms in total. The molecule has 2 aromatic carbocycles. The van der Waals surface area contributed by atoms with Crippen LogP contribution in [0.2, 0.25) is 0 Å². The Labute approximate surface area is 166 Å². The van der Waals surface area contributed by atoms with Crippen molar-refractivity contribution in [2.24, 2.45) is 0 Å². The molecule has 1 N–H and O–H groups in total. The van der Waals surface area contributed by atoms with Crippen LogP contribution in [0.1, 0.15) is 22.8 Å². The number of methoxy groups -OCH3 is 1. The van der Waals surface area contributed by atoms with Crippen LogP contribution in [0.5, 0.6) is 5.75 Å². The summed E-state index contributed by atoms with van der Waals surface area (Å²) in [4.78, 5) is 28.2. The van der Waals surface area contributed by atoms with Gasteiger partial charge in [-0.3, -0.25) is 9.59 Å². The lowest BCUT2D eigenvalue weighted by molar-refractivity contribution is -0.113. The minimum Gasteiger partial charge on any atom is -0.497 e. The number of nitrogens with one attached hydrogen (secondary N) is 1. The average Bonchev–Trinajstić information content (AvgIpc) is 2.71. The number of ether oxygens (including phenoxy) is 1. The van der Waals surface area contributed by atoms with Gasteiger partial charge in [-0.05, 0) is 37.3 Å². The molecule has 3 aromatic rings. The van der Waals surface area contributed by atoms with Crippen LogP contribution in [0.4, 0.5) is 5.69 Å². The van der Waals surface area contributed by atoms with Crippen LogP contribution in [0.25, 0.3) is 10.9 Å². The van der Waals surface area contributed by atoms with E-state index in [-0.39, 0.29) is 17.4 Å². The van der Waals surface area contributed by atoms with Crippen LogP contribution in [0, 0.1) is 11.3 Å². The van der Waals surface area contributed by atoms with Gasteiger partial charge in [0.2, 0.25) is 5.91 Å². The average molecular weight is 391 g/mol. The van der Waals surface area contributed by atoms with Gasteiger partial charge in [-0.1, -0.05) is 23.9 Å². The lowest BCUT2D eigenvalue weighted by atomic mass is 10.1. The Balaban J connectivity index is 1.75. The van der Waals surface area contributed by atoms with Crippen LogP contribution < -0.4 is 10.1 Å². The third kappa shape index (κ3) is 4.48. The van der Waals surface area contributed by atoms with Gasteiger partial charge in [0.15, 0.2) is 5.78 Å². The standard InChI is InChI=1S/C21H17N3O3S/c1-13(25)14-4-3-5-17(9-14)23-20(26)12-28-21-16(11-22)8-15-6-7-18(27-2)10-19(15)24-21/h3-10H,12H2,1-2H3,(H,23,26). The summed E-state index contributed by atoms with van der Waals surface area (Å²) in [5, 5.41) is 13.5. The van der Waals surface area contributed by atoms with E-state index in [1.54, 1.807) is 49.6 Å². The number of aromatic nitrogens is 1. The first kappa shape index (κ1) is 19.4. The molecule has 0 atom stereocenters. The Hall–Kier alpha value is -3.37. The van der Waals surface area contributed by atoms with Crippen molar-refractivity contribution in [3.8, 4) is 11.8 Å². The van der Waals surface area contributed by atoms with Gasteiger partial charge in [-0.2, -0.15) is 5.26 Å². The summed E-state index contributed by atoms with van der Waals surface area (Å²) >= 11 is 1.18. The van der Waals surface area contributed by atoms with E-state index in [1.807, 2.05) is 6.07 Å². The Morgan fingerprint density at radius 3 is 2.75 bits per heavy atom. The van der Waals surface area contributed by atoms with Gasteiger partial charge in [0.05, 0.1) is 23.9 Å². The summed E-state index contributed by atoms with van der Waals surface area (Å²) in [5.74, 6) is 0.437. The second-order valence-electron chi connectivity index (χ2n) is 5.99. The second kappa shape index (κ2) is 8.55. The smallest absolute Gasteiger partial charge is 0.234 e. The predicted molar refractivity (Wildman–Crippen MR) is 109 cm³/mol. The minimum absolute atomic E-state index is 0.0695. The van der Waals surface area contributed by atoms with Gasteiger partial charge in [-0.15, -0.1) is 0 Å². The first-order chi connectivity index (χ1) is 13.5. The van der Waals surface area contributed by atoms with Gasteiger partial charge in [-0.25, -0.2) is 4.98 Å². The molecule has 1 heterocycles. The van der Waals surface area contributed by atoms with Crippen molar-refractivity contribution in [1.29, 1.82) is 5.26 Å². The summed E-state index contributed by atoms with van der Waals surface area (Å²) in [6.45, 7) is 1.47. The number of nitriles is 1. The van der Waals surface area contributed by atoms with Crippen molar-refractivity contribution in [3.63, 3.8) is 0 Å². The first-order valence-electron chi connectivity index (χ1n) is 8.42. The molecule has 0 saturated carbocycles. The highest BCUT2D eigenvalue weighted by Gasteiger charge is 2.11. The van der Waals surface area contributed by atoms with Crippen molar-refractivity contribution in [2.45, 2.75) is 11.9 Å². The van der Waals surface area contributed by atoms with Crippen molar-refractivity contribution in [2.75, 3.05) is 18.2 Å². The Morgan fingerprint density at radius 1 is 1.21 bits per heavy atom. The number of ketones is 1. The van der Waals surface area contributed by atoms with Gasteiger partial charge in [0, 0.05) is 22.7 Å². The largest absolute Gasteiger partial charge is 0.497 e. The van der Waals surface area contributed by atoms with Crippen LogP contribution in [-0.4, -0.2) is 29.5 Å². The van der Waals surface area contributed by atoms with Crippen molar-refractivity contribution < 1.29 is 14.3 Å². The van der Waals surface area contributed by atoms with Crippen LogP contribution in [0.15, 0.2) is 53.6 Å². The maximum atomic E-state index is 12.3. The van der Waals surface area contributed by atoms with E-state index in [1.165, 1.54) is 18.7 Å². The molecule has 0 spiro atoms. The maximum Gasteiger partial charge on any atom is 0.234 e. The first-order valence-corrected chi connectivity index (χ1v) is 9.41. The molecule has 0 aliphatic heterocycles. The minimum atomic E-state index is -0.248. The summed E-state index contributed by atoms with van der Waals surface area (Å²) in [6.07, 6.45) is 0. The fourth-order valence-corrected chi connectivity index (χ4v) is 3.36. The zero-order valence-corrected chi connectivity index (χ0v) is 16.2. The molecule has 0 radical (unpaired) electrons. The molecule has 0 unspecified atom stereocenters. The number of pyridine rings is 1. The highest BCUT2D eigenvalue weighted by Crippen LogP contribution is 2.27. The number of nitrogens with zero attached hydrogens (tertiary/aromatic N) is 2. The van der Waals surface area contributed by atoms with Gasteiger partial charge in [0.25, 0.3) is 0 Å². The highest BCUT2D eigenvalue weighted by molar-refractivity contribution is 8.00. The second-order valence-corrected chi connectivity index (χ2v) is 6.95. The maximum absolute atomic E-state index is 12.3. The lowest BCUT2D eigenvalue weighted by Gasteiger charge is -2.08. The Morgan fingerprint density at radius 2 is 2.04 bits per heavy atom. The van der Waals surface area contributed by atoms with E-state index in [2.05, 4.69) is 16.4 Å². The van der Waals surface area contributed by atoms with E-state index in [9.17, 15) is 14.9 Å². The van der Waals surface area contributed by atoms with E-state index < -0.39 is 0 Å². The fourth-order valence-electron chi connectivity index (χ4n) is 2.59. The van der Waals surface area contributed by atoms with Gasteiger partial charge >= 0.3 is 0 Å².